The molecule has 2 rings (SSSR count). The van der Waals surface area contributed by atoms with E-state index in [-0.39, 0.29) is 22.7 Å². The number of benzene rings is 1. The van der Waals surface area contributed by atoms with Gasteiger partial charge in [0.2, 0.25) is 0 Å². The monoisotopic (exact) mass is 291 g/mol. The normalized spacial score (nSPS) is 11.0. The number of aryl methyl sites for hydroxylation is 2. The average molecular weight is 291 g/mol. The molecule has 0 bridgehead atoms. The summed E-state index contributed by atoms with van der Waals surface area (Å²) in [6, 6.07) is 2.35. The Balaban J connectivity index is 2.48. The number of ether oxygens (including phenoxy) is 1. The maximum atomic E-state index is 10.9. The summed E-state index contributed by atoms with van der Waals surface area (Å²) in [7, 11) is 1.31. The van der Waals surface area contributed by atoms with Crippen LogP contribution in [0, 0.1) is 24.0 Å². The molecule has 0 aliphatic heterocycles. The number of nitrogens with zero attached hydrogens (tertiary/aromatic N) is 5. The Morgan fingerprint density at radius 2 is 2.00 bits per heavy atom. The Morgan fingerprint density at radius 1 is 1.38 bits per heavy atom. The molecular formula is C12H13N5O4. The van der Waals surface area contributed by atoms with Crippen molar-refractivity contribution in [2.75, 3.05) is 7.11 Å². The van der Waals surface area contributed by atoms with Gasteiger partial charge in [0.1, 0.15) is 0 Å². The van der Waals surface area contributed by atoms with Crippen LogP contribution in [-0.2, 0) is 0 Å². The van der Waals surface area contributed by atoms with Gasteiger partial charge in [0, 0.05) is 11.6 Å². The van der Waals surface area contributed by atoms with Crippen LogP contribution < -0.4 is 4.74 Å². The number of non-ortho nitro benzene ring substituents is 1. The highest BCUT2D eigenvalue weighted by Gasteiger charge is 2.16. The second-order valence-electron chi connectivity index (χ2n) is 4.19. The molecule has 1 aromatic carbocycles. The van der Waals surface area contributed by atoms with Gasteiger partial charge in [-0.05, 0) is 13.8 Å². The Bertz CT molecular complexity index is 703. The smallest absolute Gasteiger partial charge is 0.274 e. The number of hydrogen-bond acceptors (Lipinski definition) is 7. The number of nitro benzene ring substituents is 1. The predicted octanol–water partition coefficient (Wildman–Crippen LogP) is 1.40. The van der Waals surface area contributed by atoms with Crippen molar-refractivity contribution >= 4 is 11.9 Å². The summed E-state index contributed by atoms with van der Waals surface area (Å²) in [5, 5.41) is 32.6. The summed E-state index contributed by atoms with van der Waals surface area (Å²) in [6.07, 6.45) is 1.29. The first-order chi connectivity index (χ1) is 9.93. The molecule has 1 heterocycles. The van der Waals surface area contributed by atoms with Gasteiger partial charge in [-0.1, -0.05) is 0 Å². The Labute approximate surface area is 119 Å². The highest BCUT2D eigenvalue weighted by Crippen LogP contribution is 2.33. The third-order valence-corrected chi connectivity index (χ3v) is 2.78. The molecule has 0 atom stereocenters. The number of rotatable bonds is 4. The third kappa shape index (κ3) is 2.81. The standard InChI is InChI=1S/C12H13N5O4/c1-7-14-15-8(2)16(7)13-6-9-4-10(17(19)20)5-11(21-3)12(9)18/h4-6,18H,1-3H3. The second kappa shape index (κ2) is 5.57. The molecule has 1 aromatic heterocycles. The van der Waals surface area contributed by atoms with Crippen molar-refractivity contribution in [3.8, 4) is 11.5 Å². The van der Waals surface area contributed by atoms with Crippen LogP contribution in [0.5, 0.6) is 11.5 Å². The van der Waals surface area contributed by atoms with E-state index >= 15 is 0 Å². The highest BCUT2D eigenvalue weighted by atomic mass is 16.6. The van der Waals surface area contributed by atoms with E-state index in [0.717, 1.165) is 6.07 Å². The zero-order valence-electron chi connectivity index (χ0n) is 11.6. The van der Waals surface area contributed by atoms with E-state index in [0.29, 0.717) is 11.6 Å². The summed E-state index contributed by atoms with van der Waals surface area (Å²) < 4.78 is 6.36. The summed E-state index contributed by atoms with van der Waals surface area (Å²) in [5.41, 5.74) is -0.0446. The van der Waals surface area contributed by atoms with Gasteiger partial charge in [-0.3, -0.25) is 10.1 Å². The van der Waals surface area contributed by atoms with Crippen molar-refractivity contribution in [3.63, 3.8) is 0 Å². The van der Waals surface area contributed by atoms with Crippen LogP contribution in [0.3, 0.4) is 0 Å². The van der Waals surface area contributed by atoms with Gasteiger partial charge in [-0.25, -0.2) is 4.68 Å². The number of aromatic hydroxyl groups is 1. The first kappa shape index (κ1) is 14.4. The zero-order chi connectivity index (χ0) is 15.6. The van der Waals surface area contributed by atoms with Crippen molar-refractivity contribution in [2.24, 2.45) is 5.10 Å². The SMILES string of the molecule is COc1cc([N+](=O)[O-])cc(C=Nn2c(C)nnc2C)c1O. The lowest BCUT2D eigenvalue weighted by atomic mass is 10.2. The van der Waals surface area contributed by atoms with Crippen molar-refractivity contribution < 1.29 is 14.8 Å². The lowest BCUT2D eigenvalue weighted by Gasteiger charge is -2.06. The Morgan fingerprint density at radius 3 is 2.52 bits per heavy atom. The van der Waals surface area contributed by atoms with E-state index in [2.05, 4.69) is 15.3 Å². The molecule has 0 aliphatic carbocycles. The topological polar surface area (TPSA) is 116 Å². The fraction of sp³-hybridized carbons (Fsp3) is 0.250. The largest absolute Gasteiger partial charge is 0.504 e. The minimum atomic E-state index is -0.575. The molecule has 9 nitrogen and oxygen atoms in total. The van der Waals surface area contributed by atoms with Gasteiger partial charge in [0.25, 0.3) is 5.69 Å². The molecule has 110 valence electrons. The molecule has 0 spiro atoms. The van der Waals surface area contributed by atoms with E-state index in [1.807, 2.05) is 0 Å². The highest BCUT2D eigenvalue weighted by molar-refractivity contribution is 5.86. The van der Waals surface area contributed by atoms with Crippen LogP contribution in [-0.4, -0.2) is 38.2 Å². The van der Waals surface area contributed by atoms with Crippen LogP contribution in [0.25, 0.3) is 0 Å². The third-order valence-electron chi connectivity index (χ3n) is 2.78. The van der Waals surface area contributed by atoms with Gasteiger partial charge >= 0.3 is 0 Å². The van der Waals surface area contributed by atoms with E-state index in [1.165, 1.54) is 24.1 Å². The lowest BCUT2D eigenvalue weighted by molar-refractivity contribution is -0.385. The summed E-state index contributed by atoms with van der Waals surface area (Å²) >= 11 is 0. The van der Waals surface area contributed by atoms with Crippen LogP contribution >= 0.6 is 0 Å². The molecule has 0 amide bonds. The van der Waals surface area contributed by atoms with E-state index < -0.39 is 4.92 Å². The number of nitro groups is 1. The molecule has 0 radical (unpaired) electrons. The number of phenols is 1. The van der Waals surface area contributed by atoms with Crippen LogP contribution in [0.15, 0.2) is 17.2 Å². The van der Waals surface area contributed by atoms with Crippen LogP contribution in [0.4, 0.5) is 5.69 Å². The quantitative estimate of drug-likeness (QED) is 0.517. The zero-order valence-corrected chi connectivity index (χ0v) is 11.6. The van der Waals surface area contributed by atoms with Crippen molar-refractivity contribution in [2.45, 2.75) is 13.8 Å². The van der Waals surface area contributed by atoms with Gasteiger partial charge in [-0.15, -0.1) is 10.2 Å². The van der Waals surface area contributed by atoms with E-state index in [4.69, 9.17) is 4.74 Å². The Kier molecular flexibility index (Phi) is 3.83. The second-order valence-corrected chi connectivity index (χ2v) is 4.19. The molecule has 0 saturated heterocycles. The van der Waals surface area contributed by atoms with Crippen molar-refractivity contribution in [1.29, 1.82) is 0 Å². The lowest BCUT2D eigenvalue weighted by Crippen LogP contribution is -1.98. The predicted molar refractivity (Wildman–Crippen MR) is 73.8 cm³/mol. The maximum absolute atomic E-state index is 10.9. The molecule has 1 N–H and O–H groups in total. The maximum Gasteiger partial charge on any atom is 0.274 e. The minimum Gasteiger partial charge on any atom is -0.504 e. The van der Waals surface area contributed by atoms with Crippen molar-refractivity contribution in [3.05, 3.63) is 39.5 Å². The molecular weight excluding hydrogens is 278 g/mol. The van der Waals surface area contributed by atoms with E-state index in [1.54, 1.807) is 13.8 Å². The number of phenolic OH excluding ortho intramolecular Hbond substituents is 1. The summed E-state index contributed by atoms with van der Waals surface area (Å²) in [6.45, 7) is 3.43. The molecule has 9 heteroatoms. The summed E-state index contributed by atoms with van der Waals surface area (Å²) in [5.74, 6) is 0.888. The first-order valence-corrected chi connectivity index (χ1v) is 5.92. The van der Waals surface area contributed by atoms with Crippen LogP contribution in [0.2, 0.25) is 0 Å². The number of hydrogen-bond donors (Lipinski definition) is 1. The minimum absolute atomic E-state index is 0.00264. The fourth-order valence-corrected chi connectivity index (χ4v) is 1.72. The van der Waals surface area contributed by atoms with E-state index in [9.17, 15) is 15.2 Å². The Hall–Kier alpha value is -2.97. The molecule has 2 aromatic rings. The number of methoxy groups -OCH3 is 1. The molecule has 0 fully saturated rings. The molecule has 0 unspecified atom stereocenters. The van der Waals surface area contributed by atoms with Gasteiger partial charge in [0.05, 0.1) is 24.3 Å². The first-order valence-electron chi connectivity index (χ1n) is 5.92. The fourth-order valence-electron chi connectivity index (χ4n) is 1.72. The van der Waals surface area contributed by atoms with Crippen LogP contribution in [0.1, 0.15) is 17.2 Å². The van der Waals surface area contributed by atoms with Gasteiger partial charge in [0.15, 0.2) is 23.1 Å². The van der Waals surface area contributed by atoms with Gasteiger partial charge < -0.3 is 9.84 Å². The van der Waals surface area contributed by atoms with Crippen molar-refractivity contribution in [1.82, 2.24) is 14.9 Å². The molecule has 0 aliphatic rings. The number of aromatic nitrogens is 3. The average Bonchev–Trinajstić information content (AvgIpc) is 2.77. The molecule has 0 saturated carbocycles. The molecule has 21 heavy (non-hydrogen) atoms. The summed E-state index contributed by atoms with van der Waals surface area (Å²) in [4.78, 5) is 10.3. The van der Waals surface area contributed by atoms with Gasteiger partial charge in [-0.2, -0.15) is 5.10 Å².